The predicted molar refractivity (Wildman–Crippen MR) is 90.9 cm³/mol. The Morgan fingerprint density at radius 1 is 1.35 bits per heavy atom. The van der Waals surface area contributed by atoms with E-state index in [-0.39, 0.29) is 5.91 Å². The predicted octanol–water partition coefficient (Wildman–Crippen LogP) is 3.37. The van der Waals surface area contributed by atoms with Gasteiger partial charge in [0.25, 0.3) is 0 Å². The molecule has 3 rings (SSSR count). The van der Waals surface area contributed by atoms with E-state index in [2.05, 4.69) is 17.1 Å². The van der Waals surface area contributed by atoms with Gasteiger partial charge in [0.05, 0.1) is 11.5 Å². The van der Waals surface area contributed by atoms with Gasteiger partial charge in [0.2, 0.25) is 17.6 Å². The number of hydrogen-bond donors (Lipinski definition) is 0. The zero-order valence-corrected chi connectivity index (χ0v) is 14.1. The number of rotatable bonds is 5. The molecule has 2 aromatic rings. The molecule has 0 bridgehead atoms. The summed E-state index contributed by atoms with van der Waals surface area (Å²) in [7, 11) is 0. The molecule has 6 heteroatoms. The van der Waals surface area contributed by atoms with Crippen molar-refractivity contribution in [1.82, 2.24) is 15.0 Å². The van der Waals surface area contributed by atoms with E-state index in [1.807, 2.05) is 35.2 Å². The lowest BCUT2D eigenvalue weighted by atomic mass is 10.0. The van der Waals surface area contributed by atoms with Gasteiger partial charge in [0, 0.05) is 18.2 Å². The summed E-state index contributed by atoms with van der Waals surface area (Å²) < 4.78 is 5.26. The normalized spacial score (nSPS) is 18.1. The summed E-state index contributed by atoms with van der Waals surface area (Å²) in [5.41, 5.74) is 0.936. The molecule has 1 aromatic heterocycles. The van der Waals surface area contributed by atoms with Crippen LogP contribution in [0, 0.1) is 0 Å². The number of hydrogen-bond acceptors (Lipinski definition) is 5. The summed E-state index contributed by atoms with van der Waals surface area (Å²) in [6.07, 6.45) is 3.45. The van der Waals surface area contributed by atoms with E-state index in [9.17, 15) is 4.79 Å². The number of benzene rings is 1. The maximum Gasteiger partial charge on any atom is 0.236 e. The zero-order chi connectivity index (χ0) is 16.1. The van der Waals surface area contributed by atoms with Crippen molar-refractivity contribution in [3.63, 3.8) is 0 Å². The number of carbonyl (C=O) groups is 1. The molecule has 0 spiro atoms. The molecule has 1 aliphatic heterocycles. The largest absolute Gasteiger partial charge is 0.339 e. The first kappa shape index (κ1) is 16.1. The summed E-state index contributed by atoms with van der Waals surface area (Å²) in [6, 6.07) is 10.1. The highest BCUT2D eigenvalue weighted by molar-refractivity contribution is 7.99. The molecular formula is C17H21N3O2S. The van der Waals surface area contributed by atoms with Crippen LogP contribution in [0.1, 0.15) is 32.1 Å². The van der Waals surface area contributed by atoms with Crippen LogP contribution in [0.15, 0.2) is 34.9 Å². The first-order valence-electron chi connectivity index (χ1n) is 7.99. The molecule has 0 aliphatic carbocycles. The number of thioether (sulfide) groups is 1. The fourth-order valence-electron chi connectivity index (χ4n) is 2.80. The summed E-state index contributed by atoms with van der Waals surface area (Å²) in [4.78, 5) is 18.6. The summed E-state index contributed by atoms with van der Waals surface area (Å²) in [5.74, 6) is 2.40. The van der Waals surface area contributed by atoms with Crippen molar-refractivity contribution in [2.45, 2.75) is 38.0 Å². The van der Waals surface area contributed by atoms with Gasteiger partial charge >= 0.3 is 0 Å². The van der Waals surface area contributed by atoms with Gasteiger partial charge in [0.1, 0.15) is 0 Å². The number of carbonyl (C=O) groups excluding carboxylic acids is 1. The van der Waals surface area contributed by atoms with Crippen molar-refractivity contribution >= 4 is 17.7 Å². The monoisotopic (exact) mass is 331 g/mol. The molecule has 1 atom stereocenters. The molecule has 2 heterocycles. The number of piperidine rings is 1. The molecule has 0 N–H and O–H groups in total. The number of likely N-dealkylation sites (tertiary alicyclic amines) is 1. The van der Waals surface area contributed by atoms with Gasteiger partial charge in [-0.05, 0) is 26.2 Å². The lowest BCUT2D eigenvalue weighted by Gasteiger charge is -2.33. The molecule has 5 nitrogen and oxygen atoms in total. The van der Waals surface area contributed by atoms with Crippen LogP contribution in [0.2, 0.25) is 0 Å². The zero-order valence-electron chi connectivity index (χ0n) is 13.3. The highest BCUT2D eigenvalue weighted by Gasteiger charge is 2.22. The molecule has 1 amide bonds. The van der Waals surface area contributed by atoms with Gasteiger partial charge < -0.3 is 9.42 Å². The molecule has 0 radical (unpaired) electrons. The van der Waals surface area contributed by atoms with Crippen LogP contribution in [-0.2, 0) is 10.5 Å². The highest BCUT2D eigenvalue weighted by Crippen LogP contribution is 2.20. The Hall–Kier alpha value is -1.82. The van der Waals surface area contributed by atoms with Crippen molar-refractivity contribution < 1.29 is 9.32 Å². The van der Waals surface area contributed by atoms with Crippen LogP contribution >= 0.6 is 11.8 Å². The van der Waals surface area contributed by atoms with Crippen molar-refractivity contribution in [3.8, 4) is 11.4 Å². The molecular weight excluding hydrogens is 310 g/mol. The Kier molecular flexibility index (Phi) is 5.33. The smallest absolute Gasteiger partial charge is 0.236 e. The summed E-state index contributed by atoms with van der Waals surface area (Å²) >= 11 is 1.53. The standard InChI is InChI=1S/C17H21N3O2S/c1-13-7-5-6-10-20(13)16(21)12-23-11-15-18-17(19-22-15)14-8-3-2-4-9-14/h2-4,8-9,13H,5-7,10-12H2,1H3/t13-/m1/s1. The van der Waals surface area contributed by atoms with Crippen LogP contribution < -0.4 is 0 Å². The van der Waals surface area contributed by atoms with Crippen LogP contribution in [0.25, 0.3) is 11.4 Å². The topological polar surface area (TPSA) is 59.2 Å². The Bertz CT molecular complexity index is 644. The van der Waals surface area contributed by atoms with Crippen LogP contribution in [0.3, 0.4) is 0 Å². The van der Waals surface area contributed by atoms with Crippen LogP contribution in [-0.4, -0.2) is 39.3 Å². The molecule has 0 unspecified atom stereocenters. The minimum atomic E-state index is 0.213. The molecule has 23 heavy (non-hydrogen) atoms. The van der Waals surface area contributed by atoms with Gasteiger partial charge in [-0.2, -0.15) is 4.98 Å². The Labute approximate surface area is 140 Å². The lowest BCUT2D eigenvalue weighted by molar-refractivity contribution is -0.131. The van der Waals surface area contributed by atoms with E-state index in [1.54, 1.807) is 0 Å². The highest BCUT2D eigenvalue weighted by atomic mass is 32.2. The number of aromatic nitrogens is 2. The minimum absolute atomic E-state index is 0.213. The average Bonchev–Trinajstić information content (AvgIpc) is 3.05. The summed E-state index contributed by atoms with van der Waals surface area (Å²) in [5, 5.41) is 3.99. The van der Waals surface area contributed by atoms with E-state index in [0.717, 1.165) is 24.9 Å². The maximum atomic E-state index is 12.3. The molecule has 1 fully saturated rings. The number of amides is 1. The Morgan fingerprint density at radius 3 is 2.96 bits per heavy atom. The first-order chi connectivity index (χ1) is 11.2. The Balaban J connectivity index is 1.49. The third kappa shape index (κ3) is 4.13. The summed E-state index contributed by atoms with van der Waals surface area (Å²) in [6.45, 7) is 3.02. The third-order valence-corrected chi connectivity index (χ3v) is 4.98. The molecule has 122 valence electrons. The molecule has 1 saturated heterocycles. The fourth-order valence-corrected chi connectivity index (χ4v) is 3.53. The second-order valence-electron chi connectivity index (χ2n) is 5.80. The van der Waals surface area contributed by atoms with Gasteiger partial charge in [-0.1, -0.05) is 35.5 Å². The van der Waals surface area contributed by atoms with Crippen LogP contribution in [0.4, 0.5) is 0 Å². The van der Waals surface area contributed by atoms with Gasteiger partial charge in [-0.25, -0.2) is 0 Å². The van der Waals surface area contributed by atoms with Crippen molar-refractivity contribution in [3.05, 3.63) is 36.2 Å². The van der Waals surface area contributed by atoms with E-state index in [1.165, 1.54) is 18.2 Å². The van der Waals surface area contributed by atoms with E-state index in [4.69, 9.17) is 4.52 Å². The first-order valence-corrected chi connectivity index (χ1v) is 9.15. The van der Waals surface area contributed by atoms with Gasteiger partial charge in [0.15, 0.2) is 0 Å². The average molecular weight is 331 g/mol. The fraction of sp³-hybridized carbons (Fsp3) is 0.471. The molecule has 1 aliphatic rings. The van der Waals surface area contributed by atoms with Crippen molar-refractivity contribution in [2.24, 2.45) is 0 Å². The van der Waals surface area contributed by atoms with E-state index < -0.39 is 0 Å². The quantitative estimate of drug-likeness (QED) is 0.840. The minimum Gasteiger partial charge on any atom is -0.339 e. The van der Waals surface area contributed by atoms with E-state index in [0.29, 0.717) is 29.3 Å². The second-order valence-corrected chi connectivity index (χ2v) is 6.79. The maximum absolute atomic E-state index is 12.3. The second kappa shape index (κ2) is 7.64. The van der Waals surface area contributed by atoms with Crippen molar-refractivity contribution in [1.29, 1.82) is 0 Å². The molecule has 1 aromatic carbocycles. The van der Waals surface area contributed by atoms with Gasteiger partial charge in [-0.3, -0.25) is 4.79 Å². The number of nitrogens with zero attached hydrogens (tertiary/aromatic N) is 3. The van der Waals surface area contributed by atoms with Crippen molar-refractivity contribution in [2.75, 3.05) is 12.3 Å². The SMILES string of the molecule is C[C@@H]1CCCCN1C(=O)CSCc1nc(-c2ccccc2)no1. The lowest BCUT2D eigenvalue weighted by Crippen LogP contribution is -2.42. The third-order valence-electron chi connectivity index (χ3n) is 4.07. The van der Waals surface area contributed by atoms with Gasteiger partial charge in [-0.15, -0.1) is 11.8 Å². The Morgan fingerprint density at radius 2 is 2.17 bits per heavy atom. The molecule has 0 saturated carbocycles. The van der Waals surface area contributed by atoms with Crippen LogP contribution in [0.5, 0.6) is 0 Å². The van der Waals surface area contributed by atoms with E-state index >= 15 is 0 Å².